The highest BCUT2D eigenvalue weighted by Gasteiger charge is 2.16. The molecule has 27 heavy (non-hydrogen) atoms. The summed E-state index contributed by atoms with van der Waals surface area (Å²) in [5.74, 6) is 0.138. The molecule has 2 aromatic rings. The van der Waals surface area contributed by atoms with E-state index < -0.39 is 0 Å². The quantitative estimate of drug-likeness (QED) is 0.669. The molecule has 4 heteroatoms. The van der Waals surface area contributed by atoms with Crippen molar-refractivity contribution in [2.24, 2.45) is 0 Å². The maximum Gasteiger partial charge on any atom is 0.253 e. The molecular formula is C23H30N2O2. The Morgan fingerprint density at radius 3 is 2.19 bits per heavy atom. The van der Waals surface area contributed by atoms with Gasteiger partial charge < -0.3 is 9.80 Å². The fourth-order valence-electron chi connectivity index (χ4n) is 3.12. The predicted molar refractivity (Wildman–Crippen MR) is 110 cm³/mol. The average Bonchev–Trinajstić information content (AvgIpc) is 2.68. The Morgan fingerprint density at radius 2 is 1.52 bits per heavy atom. The van der Waals surface area contributed by atoms with Crippen LogP contribution in [0.2, 0.25) is 0 Å². The average molecular weight is 367 g/mol. The zero-order chi connectivity index (χ0) is 19.6. The van der Waals surface area contributed by atoms with Crippen LogP contribution in [-0.2, 0) is 17.8 Å². The first-order chi connectivity index (χ1) is 13.0. The second kappa shape index (κ2) is 10.5. The summed E-state index contributed by atoms with van der Waals surface area (Å²) in [4.78, 5) is 28.9. The molecule has 0 heterocycles. The SMILES string of the molecule is CCCN(C)C(=O)c1cccc(CN(CCC)C(=O)Cc2ccccc2)c1. The Hall–Kier alpha value is -2.62. The van der Waals surface area contributed by atoms with Gasteiger partial charge in [-0.25, -0.2) is 0 Å². The van der Waals surface area contributed by atoms with Crippen molar-refractivity contribution in [1.29, 1.82) is 0 Å². The molecule has 2 aromatic carbocycles. The summed E-state index contributed by atoms with van der Waals surface area (Å²) in [6.07, 6.45) is 2.23. The van der Waals surface area contributed by atoms with Crippen molar-refractivity contribution in [3.63, 3.8) is 0 Å². The molecule has 0 atom stereocenters. The fraction of sp³-hybridized carbons (Fsp3) is 0.391. The molecule has 0 aliphatic heterocycles. The molecular weight excluding hydrogens is 336 g/mol. The minimum absolute atomic E-state index is 0.0244. The van der Waals surface area contributed by atoms with E-state index in [2.05, 4.69) is 13.8 Å². The Kier molecular flexibility index (Phi) is 8.05. The van der Waals surface area contributed by atoms with Crippen molar-refractivity contribution in [2.45, 2.75) is 39.7 Å². The van der Waals surface area contributed by atoms with E-state index >= 15 is 0 Å². The largest absolute Gasteiger partial charge is 0.342 e. The smallest absolute Gasteiger partial charge is 0.253 e. The van der Waals surface area contributed by atoms with Gasteiger partial charge in [0.05, 0.1) is 6.42 Å². The highest BCUT2D eigenvalue weighted by atomic mass is 16.2. The van der Waals surface area contributed by atoms with Crippen molar-refractivity contribution >= 4 is 11.8 Å². The molecule has 144 valence electrons. The van der Waals surface area contributed by atoms with Crippen LogP contribution >= 0.6 is 0 Å². The van der Waals surface area contributed by atoms with Crippen molar-refractivity contribution < 1.29 is 9.59 Å². The van der Waals surface area contributed by atoms with Gasteiger partial charge in [-0.3, -0.25) is 9.59 Å². The van der Waals surface area contributed by atoms with Gasteiger partial charge in [0.1, 0.15) is 0 Å². The number of amides is 2. The number of carbonyl (C=O) groups is 2. The van der Waals surface area contributed by atoms with Crippen molar-refractivity contribution in [1.82, 2.24) is 9.80 Å². The highest BCUT2D eigenvalue weighted by Crippen LogP contribution is 2.13. The second-order valence-electron chi connectivity index (χ2n) is 6.90. The summed E-state index contributed by atoms with van der Waals surface area (Å²) in [5, 5.41) is 0. The Morgan fingerprint density at radius 1 is 0.852 bits per heavy atom. The van der Waals surface area contributed by atoms with Crippen LogP contribution in [0.3, 0.4) is 0 Å². The molecule has 2 rings (SSSR count). The Balaban J connectivity index is 2.10. The first kappa shape index (κ1) is 20.7. The summed E-state index contributed by atoms with van der Waals surface area (Å²) in [6.45, 7) is 6.10. The molecule has 0 bridgehead atoms. The van der Waals surface area contributed by atoms with Gasteiger partial charge in [-0.1, -0.05) is 56.3 Å². The zero-order valence-electron chi connectivity index (χ0n) is 16.6. The molecule has 0 aliphatic carbocycles. The Labute approximate surface area is 162 Å². The van der Waals surface area contributed by atoms with E-state index in [-0.39, 0.29) is 11.8 Å². The van der Waals surface area contributed by atoms with Crippen LogP contribution in [0.5, 0.6) is 0 Å². The molecule has 0 aromatic heterocycles. The molecule has 0 saturated heterocycles. The van der Waals surface area contributed by atoms with E-state index in [1.807, 2.05) is 66.5 Å². The zero-order valence-corrected chi connectivity index (χ0v) is 16.6. The van der Waals surface area contributed by atoms with Gasteiger partial charge in [0.2, 0.25) is 5.91 Å². The molecule has 0 N–H and O–H groups in total. The molecule has 0 spiro atoms. The standard InChI is InChI=1S/C23H30N2O2/c1-4-14-24(3)23(27)21-13-9-12-20(16-21)18-25(15-5-2)22(26)17-19-10-7-6-8-11-19/h6-13,16H,4-5,14-15,17-18H2,1-3H3. The topological polar surface area (TPSA) is 40.6 Å². The maximum absolute atomic E-state index is 12.8. The van der Waals surface area contributed by atoms with Gasteiger partial charge in [-0.15, -0.1) is 0 Å². The summed E-state index contributed by atoms with van der Waals surface area (Å²) in [7, 11) is 1.82. The maximum atomic E-state index is 12.8. The van der Waals surface area contributed by atoms with E-state index in [1.165, 1.54) is 0 Å². The molecule has 0 radical (unpaired) electrons. The van der Waals surface area contributed by atoms with Crippen molar-refractivity contribution in [2.75, 3.05) is 20.1 Å². The lowest BCUT2D eigenvalue weighted by atomic mass is 10.1. The van der Waals surface area contributed by atoms with Gasteiger partial charge in [0.15, 0.2) is 0 Å². The third kappa shape index (κ3) is 6.24. The fourth-order valence-corrected chi connectivity index (χ4v) is 3.12. The van der Waals surface area contributed by atoms with E-state index in [1.54, 1.807) is 4.90 Å². The molecule has 0 unspecified atom stereocenters. The van der Waals surface area contributed by atoms with Gasteiger partial charge in [-0.2, -0.15) is 0 Å². The van der Waals surface area contributed by atoms with Crippen LogP contribution < -0.4 is 0 Å². The molecule has 0 fully saturated rings. The summed E-state index contributed by atoms with van der Waals surface area (Å²) in [6, 6.07) is 17.4. The first-order valence-electron chi connectivity index (χ1n) is 9.71. The number of rotatable bonds is 9. The third-order valence-corrected chi connectivity index (χ3v) is 4.50. The van der Waals surface area contributed by atoms with Crippen LogP contribution in [0.1, 0.15) is 48.2 Å². The number of hydrogen-bond acceptors (Lipinski definition) is 2. The monoisotopic (exact) mass is 366 g/mol. The molecule has 4 nitrogen and oxygen atoms in total. The normalized spacial score (nSPS) is 10.5. The van der Waals surface area contributed by atoms with E-state index in [4.69, 9.17) is 0 Å². The lowest BCUT2D eigenvalue weighted by molar-refractivity contribution is -0.131. The lowest BCUT2D eigenvalue weighted by Crippen LogP contribution is -2.32. The molecule has 0 aliphatic rings. The lowest BCUT2D eigenvalue weighted by Gasteiger charge is -2.23. The number of carbonyl (C=O) groups excluding carboxylic acids is 2. The number of nitrogens with zero attached hydrogens (tertiary/aromatic N) is 2. The van der Waals surface area contributed by atoms with E-state index in [0.717, 1.165) is 30.5 Å². The third-order valence-electron chi connectivity index (χ3n) is 4.50. The van der Waals surface area contributed by atoms with Crippen molar-refractivity contribution in [3.05, 3.63) is 71.3 Å². The summed E-state index contributed by atoms with van der Waals surface area (Å²) < 4.78 is 0. The van der Waals surface area contributed by atoms with Crippen molar-refractivity contribution in [3.8, 4) is 0 Å². The van der Waals surface area contributed by atoms with Crippen LogP contribution in [0.4, 0.5) is 0 Å². The summed E-state index contributed by atoms with van der Waals surface area (Å²) in [5.41, 5.74) is 2.68. The van der Waals surface area contributed by atoms with Gasteiger partial charge in [0.25, 0.3) is 5.91 Å². The first-order valence-corrected chi connectivity index (χ1v) is 9.71. The molecule has 2 amide bonds. The predicted octanol–water partition coefficient (Wildman–Crippen LogP) is 4.15. The number of hydrogen-bond donors (Lipinski definition) is 0. The summed E-state index contributed by atoms with van der Waals surface area (Å²) >= 11 is 0. The van der Waals surface area contributed by atoms with Crippen LogP contribution in [0.15, 0.2) is 54.6 Å². The molecule has 0 saturated carbocycles. The van der Waals surface area contributed by atoms with Crippen LogP contribution in [0.25, 0.3) is 0 Å². The minimum atomic E-state index is 0.0244. The minimum Gasteiger partial charge on any atom is -0.342 e. The second-order valence-corrected chi connectivity index (χ2v) is 6.90. The van der Waals surface area contributed by atoms with E-state index in [9.17, 15) is 9.59 Å². The number of benzene rings is 2. The van der Waals surface area contributed by atoms with Crippen LogP contribution in [-0.4, -0.2) is 41.8 Å². The Bertz CT molecular complexity index is 743. The van der Waals surface area contributed by atoms with Gasteiger partial charge in [-0.05, 0) is 36.1 Å². The van der Waals surface area contributed by atoms with Gasteiger partial charge in [0, 0.05) is 32.2 Å². The van der Waals surface area contributed by atoms with Gasteiger partial charge >= 0.3 is 0 Å². The van der Waals surface area contributed by atoms with E-state index in [0.29, 0.717) is 25.1 Å². The van der Waals surface area contributed by atoms with Crippen LogP contribution in [0, 0.1) is 0 Å². The highest BCUT2D eigenvalue weighted by molar-refractivity contribution is 5.94.